The molecule has 20 heavy (non-hydrogen) atoms. The molecular weight excluding hydrogens is 329 g/mol. The Balaban J connectivity index is 2.90. The van der Waals surface area contributed by atoms with E-state index in [0.717, 1.165) is 0 Å². The van der Waals surface area contributed by atoms with Crippen LogP contribution in [-0.2, 0) is 9.53 Å². The zero-order valence-corrected chi connectivity index (χ0v) is 13.2. The number of carbonyl (C=O) groups is 2. The lowest BCUT2D eigenvalue weighted by Gasteiger charge is -2.18. The lowest BCUT2D eigenvalue weighted by molar-refractivity contribution is -0.143. The number of ether oxygens (including phenoxy) is 1. The Bertz CT molecular complexity index is 505. The molecule has 0 aliphatic heterocycles. The number of benzene rings is 1. The SMILES string of the molecule is COC(=O)C(CC(C)C)NC(=O)c1cccc(F)c1Br. The van der Waals surface area contributed by atoms with E-state index < -0.39 is 23.7 Å². The summed E-state index contributed by atoms with van der Waals surface area (Å²) in [5.74, 6) is -1.36. The van der Waals surface area contributed by atoms with Gasteiger partial charge >= 0.3 is 5.97 Å². The second-order valence-corrected chi connectivity index (χ2v) is 5.57. The number of rotatable bonds is 5. The average molecular weight is 346 g/mol. The van der Waals surface area contributed by atoms with Gasteiger partial charge in [0.05, 0.1) is 17.1 Å². The first-order valence-electron chi connectivity index (χ1n) is 6.19. The van der Waals surface area contributed by atoms with E-state index in [2.05, 4.69) is 26.0 Å². The monoisotopic (exact) mass is 345 g/mol. The number of methoxy groups -OCH3 is 1. The smallest absolute Gasteiger partial charge is 0.328 e. The van der Waals surface area contributed by atoms with Crippen molar-refractivity contribution in [3.63, 3.8) is 0 Å². The summed E-state index contributed by atoms with van der Waals surface area (Å²) in [6.45, 7) is 3.86. The van der Waals surface area contributed by atoms with Crippen LogP contribution >= 0.6 is 15.9 Å². The Morgan fingerprint density at radius 1 is 1.40 bits per heavy atom. The molecule has 1 rings (SSSR count). The standard InChI is InChI=1S/C14H17BrFNO3/c1-8(2)7-11(14(19)20-3)17-13(18)9-5-4-6-10(16)12(9)15/h4-6,8,11H,7H2,1-3H3,(H,17,18). The summed E-state index contributed by atoms with van der Waals surface area (Å²) >= 11 is 3.02. The molecule has 1 atom stereocenters. The van der Waals surface area contributed by atoms with Crippen LogP contribution in [0.2, 0.25) is 0 Å². The van der Waals surface area contributed by atoms with E-state index in [1.807, 2.05) is 13.8 Å². The highest BCUT2D eigenvalue weighted by Crippen LogP contribution is 2.20. The minimum absolute atomic E-state index is 0.0747. The van der Waals surface area contributed by atoms with Crippen LogP contribution in [0.1, 0.15) is 30.6 Å². The van der Waals surface area contributed by atoms with E-state index >= 15 is 0 Å². The van der Waals surface area contributed by atoms with Gasteiger partial charge in [0.1, 0.15) is 11.9 Å². The van der Waals surface area contributed by atoms with E-state index in [9.17, 15) is 14.0 Å². The fraction of sp³-hybridized carbons (Fsp3) is 0.429. The molecule has 1 aromatic rings. The maximum absolute atomic E-state index is 13.4. The molecule has 1 unspecified atom stereocenters. The average Bonchev–Trinajstić information content (AvgIpc) is 2.39. The molecule has 0 radical (unpaired) electrons. The Labute approximate surface area is 125 Å². The summed E-state index contributed by atoms with van der Waals surface area (Å²) in [6.07, 6.45) is 0.450. The highest BCUT2D eigenvalue weighted by Gasteiger charge is 2.24. The fourth-order valence-electron chi connectivity index (χ4n) is 1.74. The molecule has 0 fully saturated rings. The number of hydrogen-bond acceptors (Lipinski definition) is 3. The molecule has 0 aliphatic rings. The molecule has 110 valence electrons. The molecule has 0 saturated heterocycles. The minimum atomic E-state index is -0.748. The Kier molecular flexibility index (Phi) is 6.13. The third-order valence-corrected chi connectivity index (χ3v) is 3.50. The molecule has 0 aromatic heterocycles. The van der Waals surface area contributed by atoms with Gasteiger partial charge in [0, 0.05) is 0 Å². The maximum atomic E-state index is 13.4. The summed E-state index contributed by atoms with van der Waals surface area (Å²) in [5.41, 5.74) is 0.141. The van der Waals surface area contributed by atoms with Gasteiger partial charge in [-0.2, -0.15) is 0 Å². The van der Waals surface area contributed by atoms with Gasteiger partial charge in [-0.3, -0.25) is 4.79 Å². The minimum Gasteiger partial charge on any atom is -0.467 e. The first-order valence-corrected chi connectivity index (χ1v) is 6.98. The van der Waals surface area contributed by atoms with Crippen molar-refractivity contribution in [2.75, 3.05) is 7.11 Å². The Hall–Kier alpha value is -1.43. The van der Waals surface area contributed by atoms with E-state index in [4.69, 9.17) is 0 Å². The van der Waals surface area contributed by atoms with Crippen molar-refractivity contribution >= 4 is 27.8 Å². The second-order valence-electron chi connectivity index (χ2n) is 4.78. The summed E-state index contributed by atoms with van der Waals surface area (Å²) in [5, 5.41) is 2.57. The van der Waals surface area contributed by atoms with E-state index in [-0.39, 0.29) is 16.0 Å². The first-order chi connectivity index (χ1) is 9.36. The quantitative estimate of drug-likeness (QED) is 0.834. The number of carbonyl (C=O) groups excluding carboxylic acids is 2. The largest absolute Gasteiger partial charge is 0.467 e. The van der Waals surface area contributed by atoms with Crippen molar-refractivity contribution < 1.29 is 18.7 Å². The molecular formula is C14H17BrFNO3. The number of halogens is 2. The van der Waals surface area contributed by atoms with Gasteiger partial charge in [-0.25, -0.2) is 9.18 Å². The Morgan fingerprint density at radius 2 is 2.05 bits per heavy atom. The van der Waals surface area contributed by atoms with Crippen LogP contribution in [0.25, 0.3) is 0 Å². The van der Waals surface area contributed by atoms with E-state index in [0.29, 0.717) is 6.42 Å². The molecule has 0 aliphatic carbocycles. The van der Waals surface area contributed by atoms with Gasteiger partial charge in [0.15, 0.2) is 0 Å². The van der Waals surface area contributed by atoms with Gasteiger partial charge < -0.3 is 10.1 Å². The fourth-order valence-corrected chi connectivity index (χ4v) is 2.19. The number of hydrogen-bond donors (Lipinski definition) is 1. The number of esters is 1. The molecule has 4 nitrogen and oxygen atoms in total. The van der Waals surface area contributed by atoms with Crippen LogP contribution in [-0.4, -0.2) is 25.0 Å². The zero-order valence-electron chi connectivity index (χ0n) is 11.6. The van der Waals surface area contributed by atoms with Gasteiger partial charge in [0.2, 0.25) is 0 Å². The molecule has 1 aromatic carbocycles. The maximum Gasteiger partial charge on any atom is 0.328 e. The molecule has 0 saturated carbocycles. The van der Waals surface area contributed by atoms with Gasteiger partial charge in [0.25, 0.3) is 5.91 Å². The molecule has 0 heterocycles. The van der Waals surface area contributed by atoms with Crippen LogP contribution in [0.5, 0.6) is 0 Å². The van der Waals surface area contributed by atoms with Gasteiger partial charge in [-0.1, -0.05) is 19.9 Å². The lowest BCUT2D eigenvalue weighted by atomic mass is 10.0. The van der Waals surface area contributed by atoms with Crippen LogP contribution in [0.4, 0.5) is 4.39 Å². The van der Waals surface area contributed by atoms with Gasteiger partial charge in [-0.15, -0.1) is 0 Å². The molecule has 1 N–H and O–H groups in total. The highest BCUT2D eigenvalue weighted by molar-refractivity contribution is 9.10. The van der Waals surface area contributed by atoms with E-state index in [1.165, 1.54) is 25.3 Å². The summed E-state index contributed by atoms with van der Waals surface area (Å²) in [4.78, 5) is 23.8. The lowest BCUT2D eigenvalue weighted by Crippen LogP contribution is -2.42. The van der Waals surface area contributed by atoms with E-state index in [1.54, 1.807) is 0 Å². The highest BCUT2D eigenvalue weighted by atomic mass is 79.9. The normalized spacial score (nSPS) is 12.1. The third-order valence-electron chi connectivity index (χ3n) is 2.69. The summed E-state index contributed by atoms with van der Waals surface area (Å²) < 4.78 is 18.1. The zero-order chi connectivity index (χ0) is 15.3. The molecule has 6 heteroatoms. The predicted octanol–water partition coefficient (Wildman–Crippen LogP) is 2.91. The van der Waals surface area contributed by atoms with Crippen molar-refractivity contribution in [2.24, 2.45) is 5.92 Å². The van der Waals surface area contributed by atoms with Crippen molar-refractivity contribution in [2.45, 2.75) is 26.3 Å². The second kappa shape index (κ2) is 7.38. The van der Waals surface area contributed by atoms with Crippen LogP contribution in [0, 0.1) is 11.7 Å². The van der Waals surface area contributed by atoms with Crippen molar-refractivity contribution in [1.82, 2.24) is 5.32 Å². The van der Waals surface area contributed by atoms with Crippen LogP contribution in [0.3, 0.4) is 0 Å². The Morgan fingerprint density at radius 3 is 2.60 bits per heavy atom. The van der Waals surface area contributed by atoms with Crippen molar-refractivity contribution in [3.8, 4) is 0 Å². The number of amides is 1. The summed E-state index contributed by atoms with van der Waals surface area (Å²) in [7, 11) is 1.26. The van der Waals surface area contributed by atoms with Crippen molar-refractivity contribution in [1.29, 1.82) is 0 Å². The van der Waals surface area contributed by atoms with Crippen LogP contribution in [0.15, 0.2) is 22.7 Å². The molecule has 0 spiro atoms. The molecule has 1 amide bonds. The topological polar surface area (TPSA) is 55.4 Å². The molecule has 0 bridgehead atoms. The predicted molar refractivity (Wildman–Crippen MR) is 76.8 cm³/mol. The van der Waals surface area contributed by atoms with Gasteiger partial charge in [-0.05, 0) is 40.4 Å². The first kappa shape index (κ1) is 16.6. The van der Waals surface area contributed by atoms with Crippen LogP contribution < -0.4 is 5.32 Å². The third kappa shape index (κ3) is 4.30. The number of nitrogens with one attached hydrogen (secondary N) is 1. The summed E-state index contributed by atoms with van der Waals surface area (Å²) in [6, 6.07) is 3.41. The van der Waals surface area contributed by atoms with Crippen molar-refractivity contribution in [3.05, 3.63) is 34.1 Å².